The zero-order valence-corrected chi connectivity index (χ0v) is 32.3. The number of allylic oxidation sites excluding steroid dienone is 16. The second kappa shape index (κ2) is 17.5. The Labute approximate surface area is 335 Å². The molecule has 1 aliphatic heterocycles. The second-order valence-electron chi connectivity index (χ2n) is 14.7. The molecule has 0 saturated carbocycles. The molecule has 2 aromatic heterocycles. The lowest BCUT2D eigenvalue weighted by Crippen LogP contribution is -2.15. The third-order valence-electron chi connectivity index (χ3n) is 10.8. The molecule has 6 nitrogen and oxygen atoms in total. The SMILES string of the molecule is C=Cc1ccc(/C=C/c2c(C(=C)C3=CC=C(C(=N)N=C(N=CC4=CCCC=C4)C4C=CC=CC4)CC3)oc3cc(C4=CC=CCC4)ccc23)nc1C1=CCCC=N1. The quantitative estimate of drug-likeness (QED) is 0.165. The van der Waals surface area contributed by atoms with Crippen LogP contribution in [0.5, 0.6) is 0 Å². The summed E-state index contributed by atoms with van der Waals surface area (Å²) in [4.78, 5) is 19.3. The maximum atomic E-state index is 9.04. The van der Waals surface area contributed by atoms with Crippen LogP contribution < -0.4 is 0 Å². The van der Waals surface area contributed by atoms with Gasteiger partial charge in [0.2, 0.25) is 0 Å². The fourth-order valence-corrected chi connectivity index (χ4v) is 7.60. The van der Waals surface area contributed by atoms with E-state index >= 15 is 0 Å². The highest BCUT2D eigenvalue weighted by atomic mass is 16.3. The fraction of sp³-hybridized carbons (Fsp3) is 0.196. The van der Waals surface area contributed by atoms with Gasteiger partial charge in [0.25, 0.3) is 0 Å². The molecule has 4 aliphatic carbocycles. The van der Waals surface area contributed by atoms with Crippen LogP contribution in [-0.4, -0.2) is 29.1 Å². The minimum Gasteiger partial charge on any atom is -0.455 e. The van der Waals surface area contributed by atoms with Crippen molar-refractivity contribution in [2.45, 2.75) is 57.8 Å². The first kappa shape index (κ1) is 37.4. The van der Waals surface area contributed by atoms with Gasteiger partial charge in [-0.15, -0.1) is 0 Å². The molecule has 8 rings (SSSR count). The van der Waals surface area contributed by atoms with E-state index in [9.17, 15) is 0 Å². The molecule has 0 fully saturated rings. The van der Waals surface area contributed by atoms with Gasteiger partial charge in [-0.2, -0.15) is 0 Å². The van der Waals surface area contributed by atoms with Gasteiger partial charge in [0.05, 0.1) is 17.1 Å². The number of aromatic nitrogens is 1. The number of pyridine rings is 1. The van der Waals surface area contributed by atoms with Gasteiger partial charge in [-0.3, -0.25) is 10.4 Å². The van der Waals surface area contributed by atoms with Crippen molar-refractivity contribution in [1.82, 2.24) is 4.98 Å². The zero-order chi connectivity index (χ0) is 39.0. The number of fused-ring (bicyclic) bond motifs is 1. The Morgan fingerprint density at radius 2 is 1.77 bits per heavy atom. The summed E-state index contributed by atoms with van der Waals surface area (Å²) in [7, 11) is 0. The molecule has 57 heavy (non-hydrogen) atoms. The summed E-state index contributed by atoms with van der Waals surface area (Å²) in [6, 6.07) is 10.6. The van der Waals surface area contributed by atoms with E-state index < -0.39 is 0 Å². The van der Waals surface area contributed by atoms with Gasteiger partial charge in [-0.1, -0.05) is 110 Å². The molecule has 0 bridgehead atoms. The third-order valence-corrected chi connectivity index (χ3v) is 10.8. The first-order valence-electron chi connectivity index (χ1n) is 20.0. The minimum absolute atomic E-state index is 0.0281. The van der Waals surface area contributed by atoms with E-state index in [-0.39, 0.29) is 11.8 Å². The van der Waals surface area contributed by atoms with Crippen molar-refractivity contribution < 1.29 is 4.42 Å². The highest BCUT2D eigenvalue weighted by Crippen LogP contribution is 2.39. The molecule has 1 aromatic carbocycles. The lowest BCUT2D eigenvalue weighted by atomic mass is 9.90. The summed E-state index contributed by atoms with van der Waals surface area (Å²) in [6.45, 7) is 8.61. The van der Waals surface area contributed by atoms with Crippen LogP contribution in [0.2, 0.25) is 0 Å². The van der Waals surface area contributed by atoms with Gasteiger partial charge in [0.1, 0.15) is 23.0 Å². The molecule has 1 N–H and O–H groups in total. The van der Waals surface area contributed by atoms with Crippen LogP contribution in [0.3, 0.4) is 0 Å². The van der Waals surface area contributed by atoms with Crippen LogP contribution in [0.15, 0.2) is 159 Å². The monoisotopic (exact) mass is 745 g/mol. The molecule has 6 heteroatoms. The van der Waals surface area contributed by atoms with E-state index in [0.717, 1.165) is 112 Å². The standard InChI is InChI=1S/C51H47N5O/c1-3-37-26-28-43(55-48(37)46-21-13-14-32-53-46)29-31-45-44-30-27-42(39-17-9-5-10-18-39)33-47(44)57-49(45)35(2)38-22-24-40(25-23-38)50(52)56-51(41-19-11-6-12-20-41)54-34-36-15-7-4-8-16-36/h3,5-7,9,11-12,15-17,19,21-22,24,26-34,41,52H,1-2,4,8,10,13-14,18,20,23,25H2/b31-29+,52-50?,54-34?,56-51?. The van der Waals surface area contributed by atoms with Crippen LogP contribution in [0, 0.1) is 11.3 Å². The van der Waals surface area contributed by atoms with Crippen molar-refractivity contribution in [3.63, 3.8) is 0 Å². The molecule has 1 unspecified atom stereocenters. The predicted molar refractivity (Wildman–Crippen MR) is 242 cm³/mol. The van der Waals surface area contributed by atoms with Gasteiger partial charge in [0, 0.05) is 40.4 Å². The Morgan fingerprint density at radius 3 is 2.53 bits per heavy atom. The maximum Gasteiger partial charge on any atom is 0.149 e. The van der Waals surface area contributed by atoms with Gasteiger partial charge < -0.3 is 4.42 Å². The number of amidine groups is 2. The molecule has 5 aliphatic rings. The van der Waals surface area contributed by atoms with Gasteiger partial charge in [-0.05, 0) is 116 Å². The number of furan rings is 1. The van der Waals surface area contributed by atoms with Crippen LogP contribution in [0.25, 0.3) is 46.0 Å². The van der Waals surface area contributed by atoms with Crippen molar-refractivity contribution in [3.05, 3.63) is 173 Å². The summed E-state index contributed by atoms with van der Waals surface area (Å²) in [5, 5.41) is 10.1. The van der Waals surface area contributed by atoms with Crippen molar-refractivity contribution in [2.75, 3.05) is 0 Å². The Balaban J connectivity index is 1.11. The summed E-state index contributed by atoms with van der Waals surface area (Å²) in [5.74, 6) is 1.66. The second-order valence-corrected chi connectivity index (χ2v) is 14.7. The normalized spacial score (nSPS) is 19.5. The van der Waals surface area contributed by atoms with Crippen molar-refractivity contribution >= 4 is 70.1 Å². The van der Waals surface area contributed by atoms with Crippen molar-refractivity contribution in [1.29, 1.82) is 5.41 Å². The predicted octanol–water partition coefficient (Wildman–Crippen LogP) is 13.1. The Morgan fingerprint density at radius 1 is 0.877 bits per heavy atom. The Bertz CT molecular complexity index is 2540. The van der Waals surface area contributed by atoms with Crippen LogP contribution in [-0.2, 0) is 0 Å². The van der Waals surface area contributed by atoms with Gasteiger partial charge >= 0.3 is 0 Å². The van der Waals surface area contributed by atoms with Gasteiger partial charge in [0.15, 0.2) is 0 Å². The van der Waals surface area contributed by atoms with Gasteiger partial charge in [-0.25, -0.2) is 15.0 Å². The third kappa shape index (κ3) is 8.66. The number of hydrogen-bond acceptors (Lipinski definition) is 4. The largest absolute Gasteiger partial charge is 0.455 e. The van der Waals surface area contributed by atoms with Crippen molar-refractivity contribution in [2.24, 2.45) is 20.9 Å². The van der Waals surface area contributed by atoms with E-state index in [1.807, 2.05) is 54.9 Å². The summed E-state index contributed by atoms with van der Waals surface area (Å²) in [6.07, 6.45) is 45.5. The van der Waals surface area contributed by atoms with Crippen LogP contribution in [0.1, 0.15) is 91.6 Å². The number of nitrogens with one attached hydrogen (secondary N) is 1. The number of benzene rings is 1. The molecule has 0 radical (unpaired) electrons. The Kier molecular flexibility index (Phi) is 11.5. The van der Waals surface area contributed by atoms with Crippen molar-refractivity contribution in [3.8, 4) is 0 Å². The molecule has 0 saturated heterocycles. The summed E-state index contributed by atoms with van der Waals surface area (Å²) >= 11 is 0. The number of rotatable bonds is 10. The number of hydrogen-bond donors (Lipinski definition) is 1. The molecule has 0 amide bonds. The van der Waals surface area contributed by atoms with E-state index in [4.69, 9.17) is 24.8 Å². The highest BCUT2D eigenvalue weighted by molar-refractivity contribution is 6.09. The molecule has 1 atom stereocenters. The topological polar surface area (TPSA) is 87.0 Å². The molecular formula is C51H47N5O. The average Bonchev–Trinajstić information content (AvgIpc) is 3.65. The summed E-state index contributed by atoms with van der Waals surface area (Å²) in [5.41, 5.74) is 11.6. The van der Waals surface area contributed by atoms with E-state index in [1.54, 1.807) is 0 Å². The fourth-order valence-electron chi connectivity index (χ4n) is 7.60. The number of nitrogens with zero attached hydrogens (tertiary/aromatic N) is 4. The first-order valence-corrected chi connectivity index (χ1v) is 20.0. The molecule has 3 heterocycles. The molecule has 3 aromatic rings. The smallest absolute Gasteiger partial charge is 0.149 e. The lowest BCUT2D eigenvalue weighted by Gasteiger charge is -2.17. The van der Waals surface area contributed by atoms with E-state index in [2.05, 4.69) is 103 Å². The Hall–Kier alpha value is -6.53. The maximum absolute atomic E-state index is 9.04. The zero-order valence-electron chi connectivity index (χ0n) is 32.3. The highest BCUT2D eigenvalue weighted by Gasteiger charge is 2.22. The minimum atomic E-state index is 0.0281. The van der Waals surface area contributed by atoms with Crippen LogP contribution in [0.4, 0.5) is 0 Å². The average molecular weight is 746 g/mol. The van der Waals surface area contributed by atoms with Crippen LogP contribution >= 0.6 is 0 Å². The lowest BCUT2D eigenvalue weighted by molar-refractivity contribution is 0.598. The molecule has 0 spiro atoms. The molecular weight excluding hydrogens is 699 g/mol. The van der Waals surface area contributed by atoms with E-state index in [0.29, 0.717) is 18.7 Å². The number of aliphatic imine (C=N–C) groups is 3. The first-order chi connectivity index (χ1) is 28.0. The summed E-state index contributed by atoms with van der Waals surface area (Å²) < 4.78 is 6.74. The molecule has 282 valence electrons. The van der Waals surface area contributed by atoms with E-state index in [1.165, 1.54) is 11.1 Å².